The van der Waals surface area contributed by atoms with Gasteiger partial charge in [0.2, 0.25) is 0 Å². The van der Waals surface area contributed by atoms with E-state index in [4.69, 9.17) is 9.57 Å². The van der Waals surface area contributed by atoms with Gasteiger partial charge < -0.3 is 9.64 Å². The van der Waals surface area contributed by atoms with Crippen molar-refractivity contribution < 1.29 is 27.5 Å². The fourth-order valence-corrected chi connectivity index (χ4v) is 4.88. The van der Waals surface area contributed by atoms with Gasteiger partial charge in [-0.25, -0.2) is 0 Å². The van der Waals surface area contributed by atoms with Crippen LogP contribution in [0.2, 0.25) is 0 Å². The first kappa shape index (κ1) is 24.5. The Hall–Kier alpha value is -3.20. The normalized spacial score (nSPS) is 21.2. The molecule has 0 aliphatic carbocycles. The fraction of sp³-hybridized carbons (Fsp3) is 0.321. The summed E-state index contributed by atoms with van der Waals surface area (Å²) in [5, 5.41) is 1.79. The molecule has 0 N–H and O–H groups in total. The van der Waals surface area contributed by atoms with Crippen LogP contribution in [0.3, 0.4) is 0 Å². The van der Waals surface area contributed by atoms with E-state index < -0.39 is 23.9 Å². The van der Waals surface area contributed by atoms with Crippen LogP contribution in [0.1, 0.15) is 40.8 Å². The molecule has 2 heterocycles. The average Bonchev–Trinajstić information content (AvgIpc) is 3.34. The van der Waals surface area contributed by atoms with Gasteiger partial charge in [0.25, 0.3) is 5.91 Å². The quantitative estimate of drug-likeness (QED) is 0.474. The number of rotatable bonds is 5. The molecule has 2 unspecified atom stereocenters. The molecule has 0 saturated carbocycles. The predicted molar refractivity (Wildman–Crippen MR) is 128 cm³/mol. The number of carbonyl (C=O) groups excluding carboxylic acids is 1. The van der Waals surface area contributed by atoms with Crippen molar-refractivity contribution in [2.75, 3.05) is 26.3 Å². The molecule has 2 saturated heterocycles. The van der Waals surface area contributed by atoms with Crippen LogP contribution in [0.5, 0.6) is 0 Å². The van der Waals surface area contributed by atoms with Crippen molar-refractivity contribution in [3.05, 3.63) is 107 Å². The Morgan fingerprint density at radius 2 is 1.39 bits per heavy atom. The third kappa shape index (κ3) is 5.16. The fourth-order valence-electron chi connectivity index (χ4n) is 4.88. The molecular formula is C28H27F3N2O3. The summed E-state index contributed by atoms with van der Waals surface area (Å²) in [4.78, 5) is 21.5. The number of hydroxylamine groups is 2. The zero-order valence-corrected chi connectivity index (χ0v) is 19.6. The molecule has 2 atom stereocenters. The van der Waals surface area contributed by atoms with E-state index in [0.29, 0.717) is 38.3 Å². The molecule has 0 radical (unpaired) electrons. The molecule has 8 heteroatoms. The summed E-state index contributed by atoms with van der Waals surface area (Å²) < 4.78 is 45.0. The molecule has 3 aromatic carbocycles. The lowest BCUT2D eigenvalue weighted by Gasteiger charge is -2.33. The van der Waals surface area contributed by atoms with Crippen molar-refractivity contribution in [1.29, 1.82) is 0 Å². The van der Waals surface area contributed by atoms with Crippen molar-refractivity contribution in [1.82, 2.24) is 9.96 Å². The largest absolute Gasteiger partial charge is 0.416 e. The summed E-state index contributed by atoms with van der Waals surface area (Å²) in [6, 6.07) is 23.9. The summed E-state index contributed by atoms with van der Waals surface area (Å²) >= 11 is 0. The molecule has 0 spiro atoms. The minimum Gasteiger partial charge on any atom is -0.378 e. The smallest absolute Gasteiger partial charge is 0.378 e. The Kier molecular flexibility index (Phi) is 7.09. The topological polar surface area (TPSA) is 42.0 Å². The van der Waals surface area contributed by atoms with Crippen molar-refractivity contribution in [3.8, 4) is 0 Å². The van der Waals surface area contributed by atoms with Crippen molar-refractivity contribution in [3.63, 3.8) is 0 Å². The summed E-state index contributed by atoms with van der Waals surface area (Å²) in [5.41, 5.74) is 1.87. The molecule has 2 aliphatic heterocycles. The van der Waals surface area contributed by atoms with Gasteiger partial charge in [0, 0.05) is 19.5 Å². The molecule has 0 bridgehead atoms. The maximum Gasteiger partial charge on any atom is 0.416 e. The lowest BCUT2D eigenvalue weighted by atomic mass is 9.94. The summed E-state index contributed by atoms with van der Waals surface area (Å²) in [6.07, 6.45) is -4.83. The molecule has 2 fully saturated rings. The first-order valence-corrected chi connectivity index (χ1v) is 12.0. The van der Waals surface area contributed by atoms with Gasteiger partial charge in [0.15, 0.2) is 6.10 Å². The van der Waals surface area contributed by atoms with E-state index in [2.05, 4.69) is 0 Å². The number of halogens is 3. The maximum absolute atomic E-state index is 13.4. The van der Waals surface area contributed by atoms with Gasteiger partial charge in [0.05, 0.1) is 30.9 Å². The number of hydrogen-bond acceptors (Lipinski definition) is 4. The standard InChI is InChI=1S/C28H27F3N2O3/c29-28(30,31)23-13-11-20(12-14-23)24-19-25(27(34)32-15-17-35-18-16-32)36-33(24)26(21-7-3-1-4-8-21)22-9-5-2-6-10-22/h1-14,24-26H,15-19H2. The highest BCUT2D eigenvalue weighted by atomic mass is 19.4. The first-order valence-electron chi connectivity index (χ1n) is 12.0. The van der Waals surface area contributed by atoms with Crippen LogP contribution >= 0.6 is 0 Å². The van der Waals surface area contributed by atoms with Gasteiger partial charge in [-0.2, -0.15) is 18.2 Å². The van der Waals surface area contributed by atoms with Gasteiger partial charge in [-0.05, 0) is 28.8 Å². The molecule has 0 aromatic heterocycles. The van der Waals surface area contributed by atoms with E-state index in [9.17, 15) is 18.0 Å². The number of alkyl halides is 3. The van der Waals surface area contributed by atoms with E-state index in [1.54, 1.807) is 9.96 Å². The van der Waals surface area contributed by atoms with Crippen LogP contribution in [-0.4, -0.2) is 48.3 Å². The molecular weight excluding hydrogens is 469 g/mol. The van der Waals surface area contributed by atoms with Crippen LogP contribution in [0, 0.1) is 0 Å². The molecule has 3 aromatic rings. The minimum atomic E-state index is -4.42. The monoisotopic (exact) mass is 496 g/mol. The minimum absolute atomic E-state index is 0.127. The van der Waals surface area contributed by atoms with Crippen LogP contribution in [-0.2, 0) is 20.5 Å². The van der Waals surface area contributed by atoms with Gasteiger partial charge in [-0.3, -0.25) is 9.63 Å². The summed E-state index contributed by atoms with van der Waals surface area (Å²) in [7, 11) is 0. The second-order valence-corrected chi connectivity index (χ2v) is 8.99. The number of benzene rings is 3. The highest BCUT2D eigenvalue weighted by Gasteiger charge is 2.44. The Balaban J connectivity index is 1.53. The number of amides is 1. The molecule has 1 amide bonds. The summed E-state index contributed by atoms with van der Waals surface area (Å²) in [5.74, 6) is -0.127. The number of ether oxygens (including phenoxy) is 1. The number of morpholine rings is 1. The van der Waals surface area contributed by atoms with Crippen molar-refractivity contribution in [2.24, 2.45) is 0 Å². The number of nitrogens with zero attached hydrogens (tertiary/aromatic N) is 2. The Morgan fingerprint density at radius 1 is 0.833 bits per heavy atom. The van der Waals surface area contributed by atoms with Gasteiger partial charge >= 0.3 is 6.18 Å². The van der Waals surface area contributed by atoms with Gasteiger partial charge in [-0.15, -0.1) is 0 Å². The van der Waals surface area contributed by atoms with Crippen LogP contribution in [0.4, 0.5) is 13.2 Å². The van der Waals surface area contributed by atoms with Crippen LogP contribution in [0.15, 0.2) is 84.9 Å². The average molecular weight is 497 g/mol. The van der Waals surface area contributed by atoms with Crippen LogP contribution < -0.4 is 0 Å². The second kappa shape index (κ2) is 10.4. The maximum atomic E-state index is 13.4. The zero-order chi connectivity index (χ0) is 25.1. The van der Waals surface area contributed by atoms with Gasteiger partial charge in [-0.1, -0.05) is 72.8 Å². The lowest BCUT2D eigenvalue weighted by molar-refractivity contribution is -0.195. The van der Waals surface area contributed by atoms with Gasteiger partial charge in [0.1, 0.15) is 0 Å². The predicted octanol–water partition coefficient (Wildman–Crippen LogP) is 5.40. The molecule has 5 nitrogen and oxygen atoms in total. The molecule has 2 aliphatic rings. The van der Waals surface area contributed by atoms with E-state index in [1.165, 1.54) is 12.1 Å². The highest BCUT2D eigenvalue weighted by molar-refractivity contribution is 5.81. The third-order valence-corrected chi connectivity index (χ3v) is 6.70. The second-order valence-electron chi connectivity index (χ2n) is 8.99. The van der Waals surface area contributed by atoms with E-state index in [-0.39, 0.29) is 11.9 Å². The number of hydrogen-bond donors (Lipinski definition) is 0. The number of carbonyl (C=O) groups is 1. The summed E-state index contributed by atoms with van der Waals surface area (Å²) in [6.45, 7) is 1.93. The molecule has 5 rings (SSSR count). The lowest BCUT2D eigenvalue weighted by Crippen LogP contribution is -2.46. The van der Waals surface area contributed by atoms with Crippen LogP contribution in [0.25, 0.3) is 0 Å². The Labute approximate surface area is 208 Å². The first-order chi connectivity index (χ1) is 17.4. The van der Waals surface area contributed by atoms with Crippen molar-refractivity contribution in [2.45, 2.75) is 30.8 Å². The van der Waals surface area contributed by atoms with E-state index in [0.717, 1.165) is 23.3 Å². The van der Waals surface area contributed by atoms with Crippen molar-refractivity contribution >= 4 is 5.91 Å². The third-order valence-electron chi connectivity index (χ3n) is 6.70. The molecule has 188 valence electrons. The Morgan fingerprint density at radius 3 is 1.92 bits per heavy atom. The Bertz CT molecular complexity index is 1110. The highest BCUT2D eigenvalue weighted by Crippen LogP contribution is 2.44. The van der Waals surface area contributed by atoms with E-state index >= 15 is 0 Å². The molecule has 36 heavy (non-hydrogen) atoms. The van der Waals surface area contributed by atoms with E-state index in [1.807, 2.05) is 60.7 Å². The zero-order valence-electron chi connectivity index (χ0n) is 19.6. The SMILES string of the molecule is O=C(C1CC(c2ccc(C(F)(F)F)cc2)N(C(c2ccccc2)c2ccccc2)O1)N1CCOCC1.